The van der Waals surface area contributed by atoms with Gasteiger partial charge in [0.2, 0.25) is 0 Å². The first-order valence-electron chi connectivity index (χ1n) is 6.51. The molecule has 21 heavy (non-hydrogen) atoms. The summed E-state index contributed by atoms with van der Waals surface area (Å²) in [6.07, 6.45) is -0.546. The summed E-state index contributed by atoms with van der Waals surface area (Å²) in [6.45, 7) is 1.49. The fourth-order valence-corrected chi connectivity index (χ4v) is 1.75. The smallest absolute Gasteiger partial charge is 0.262 e. The summed E-state index contributed by atoms with van der Waals surface area (Å²) in [5.41, 5.74) is 1.15. The first-order chi connectivity index (χ1) is 10.0. The number of aliphatic hydroxyl groups excluding tert-OH is 1. The van der Waals surface area contributed by atoms with Crippen LogP contribution in [-0.4, -0.2) is 17.6 Å². The third-order valence-corrected chi connectivity index (χ3v) is 2.84. The molecule has 2 N–H and O–H groups in total. The van der Waals surface area contributed by atoms with Crippen LogP contribution in [0.1, 0.15) is 18.6 Å². The van der Waals surface area contributed by atoms with Gasteiger partial charge < -0.3 is 15.2 Å². The second kappa shape index (κ2) is 6.85. The summed E-state index contributed by atoms with van der Waals surface area (Å²) in [5.74, 6) is -0.267. The van der Waals surface area contributed by atoms with Gasteiger partial charge in [-0.3, -0.25) is 4.79 Å². The number of halogens is 1. The number of hydrogen-bond donors (Lipinski definition) is 2. The third-order valence-electron chi connectivity index (χ3n) is 2.84. The average molecular weight is 289 g/mol. The van der Waals surface area contributed by atoms with Crippen molar-refractivity contribution in [1.82, 2.24) is 0 Å². The maximum absolute atomic E-state index is 13.0. The van der Waals surface area contributed by atoms with E-state index in [-0.39, 0.29) is 12.5 Å². The van der Waals surface area contributed by atoms with Gasteiger partial charge in [0.25, 0.3) is 5.91 Å². The molecule has 0 bridgehead atoms. The van der Waals surface area contributed by atoms with Crippen molar-refractivity contribution in [3.05, 3.63) is 59.9 Å². The normalized spacial score (nSPS) is 11.8. The number of ether oxygens (including phenoxy) is 1. The van der Waals surface area contributed by atoms with Crippen LogP contribution in [-0.2, 0) is 4.79 Å². The van der Waals surface area contributed by atoms with Gasteiger partial charge in [-0.25, -0.2) is 4.39 Å². The minimum Gasteiger partial charge on any atom is -0.484 e. The fourth-order valence-electron chi connectivity index (χ4n) is 1.75. The Balaban J connectivity index is 1.86. The van der Waals surface area contributed by atoms with Crippen molar-refractivity contribution in [2.75, 3.05) is 11.9 Å². The molecule has 0 aliphatic heterocycles. The first-order valence-corrected chi connectivity index (χ1v) is 6.51. The SMILES string of the molecule is CC(O)c1ccc(OCC(=O)Nc2cccc(F)c2)cc1. The maximum Gasteiger partial charge on any atom is 0.262 e. The zero-order valence-corrected chi connectivity index (χ0v) is 11.5. The van der Waals surface area contributed by atoms with E-state index in [0.29, 0.717) is 11.4 Å². The second-order valence-electron chi connectivity index (χ2n) is 4.59. The van der Waals surface area contributed by atoms with Gasteiger partial charge in [-0.05, 0) is 42.8 Å². The van der Waals surface area contributed by atoms with Gasteiger partial charge >= 0.3 is 0 Å². The van der Waals surface area contributed by atoms with E-state index in [0.717, 1.165) is 5.56 Å². The number of nitrogens with one attached hydrogen (secondary N) is 1. The Bertz CT molecular complexity index is 611. The molecule has 0 aromatic heterocycles. The van der Waals surface area contributed by atoms with Crippen molar-refractivity contribution >= 4 is 11.6 Å². The number of carbonyl (C=O) groups is 1. The van der Waals surface area contributed by atoms with Crippen LogP contribution in [0, 0.1) is 5.82 Å². The fraction of sp³-hybridized carbons (Fsp3) is 0.188. The molecule has 0 spiro atoms. The lowest BCUT2D eigenvalue weighted by Crippen LogP contribution is -2.20. The van der Waals surface area contributed by atoms with Crippen LogP contribution in [0.4, 0.5) is 10.1 Å². The lowest BCUT2D eigenvalue weighted by molar-refractivity contribution is -0.118. The van der Waals surface area contributed by atoms with Crippen LogP contribution >= 0.6 is 0 Å². The van der Waals surface area contributed by atoms with Crippen molar-refractivity contribution < 1.29 is 19.0 Å². The van der Waals surface area contributed by atoms with Gasteiger partial charge in [0.15, 0.2) is 6.61 Å². The Hall–Kier alpha value is -2.40. The second-order valence-corrected chi connectivity index (χ2v) is 4.59. The highest BCUT2D eigenvalue weighted by Crippen LogP contribution is 2.17. The molecule has 0 aliphatic carbocycles. The first kappa shape index (κ1) is 15.0. The van der Waals surface area contributed by atoms with E-state index in [9.17, 15) is 14.3 Å². The van der Waals surface area contributed by atoms with Crippen molar-refractivity contribution in [1.29, 1.82) is 0 Å². The number of carbonyl (C=O) groups excluding carboxylic acids is 1. The summed E-state index contributed by atoms with van der Waals surface area (Å²) in [5, 5.41) is 11.9. The maximum atomic E-state index is 13.0. The summed E-state index contributed by atoms with van der Waals surface area (Å²) >= 11 is 0. The van der Waals surface area contributed by atoms with Crippen molar-refractivity contribution in [2.24, 2.45) is 0 Å². The zero-order chi connectivity index (χ0) is 15.2. The monoisotopic (exact) mass is 289 g/mol. The van der Waals surface area contributed by atoms with Crippen molar-refractivity contribution in [2.45, 2.75) is 13.0 Å². The quantitative estimate of drug-likeness (QED) is 0.889. The highest BCUT2D eigenvalue weighted by molar-refractivity contribution is 5.91. The lowest BCUT2D eigenvalue weighted by Gasteiger charge is -2.09. The van der Waals surface area contributed by atoms with E-state index in [1.807, 2.05) is 0 Å². The molecule has 0 saturated heterocycles. The summed E-state index contributed by atoms with van der Waals surface area (Å²) in [6, 6.07) is 12.5. The van der Waals surface area contributed by atoms with Gasteiger partial charge in [-0.15, -0.1) is 0 Å². The van der Waals surface area contributed by atoms with Crippen LogP contribution in [0.5, 0.6) is 5.75 Å². The summed E-state index contributed by atoms with van der Waals surface area (Å²) in [4.78, 5) is 11.7. The molecule has 2 aromatic carbocycles. The van der Waals surface area contributed by atoms with Gasteiger partial charge in [0, 0.05) is 5.69 Å². The van der Waals surface area contributed by atoms with Gasteiger partial charge in [-0.1, -0.05) is 18.2 Å². The number of benzene rings is 2. The molecular weight excluding hydrogens is 273 g/mol. The number of rotatable bonds is 5. The molecule has 110 valence electrons. The van der Waals surface area contributed by atoms with Crippen molar-refractivity contribution in [3.8, 4) is 5.75 Å². The molecule has 0 aliphatic rings. The molecule has 0 heterocycles. The Morgan fingerprint density at radius 1 is 1.29 bits per heavy atom. The van der Waals surface area contributed by atoms with Gasteiger partial charge in [0.05, 0.1) is 6.10 Å². The number of hydrogen-bond acceptors (Lipinski definition) is 3. The zero-order valence-electron chi connectivity index (χ0n) is 11.5. The van der Waals surface area contributed by atoms with Gasteiger partial charge in [0.1, 0.15) is 11.6 Å². The van der Waals surface area contributed by atoms with Gasteiger partial charge in [-0.2, -0.15) is 0 Å². The Kier molecular flexibility index (Phi) is 4.90. The number of aliphatic hydroxyl groups is 1. The average Bonchev–Trinajstić information content (AvgIpc) is 2.45. The topological polar surface area (TPSA) is 58.6 Å². The van der Waals surface area contributed by atoms with E-state index in [4.69, 9.17) is 4.74 Å². The van der Waals surface area contributed by atoms with Crippen LogP contribution in [0.2, 0.25) is 0 Å². The molecule has 2 rings (SSSR count). The molecular formula is C16H16FNO3. The molecule has 2 aromatic rings. The molecule has 0 saturated carbocycles. The van der Waals surface area contributed by atoms with E-state index < -0.39 is 11.9 Å². The van der Waals surface area contributed by atoms with Crippen LogP contribution in [0.25, 0.3) is 0 Å². The summed E-state index contributed by atoms with van der Waals surface area (Å²) < 4.78 is 18.3. The molecule has 0 radical (unpaired) electrons. The third kappa shape index (κ3) is 4.57. The minimum absolute atomic E-state index is 0.176. The Morgan fingerprint density at radius 3 is 2.62 bits per heavy atom. The Morgan fingerprint density at radius 2 is 2.00 bits per heavy atom. The molecule has 1 unspecified atom stereocenters. The van der Waals surface area contributed by atoms with E-state index in [1.165, 1.54) is 18.2 Å². The predicted octanol–water partition coefficient (Wildman–Crippen LogP) is 2.90. The van der Waals surface area contributed by atoms with Crippen molar-refractivity contribution in [3.63, 3.8) is 0 Å². The largest absolute Gasteiger partial charge is 0.484 e. The predicted molar refractivity (Wildman–Crippen MR) is 77.6 cm³/mol. The number of anilines is 1. The highest BCUT2D eigenvalue weighted by Gasteiger charge is 2.05. The standard InChI is InChI=1S/C16H16FNO3/c1-11(19)12-5-7-15(8-6-12)21-10-16(20)18-14-4-2-3-13(17)9-14/h2-9,11,19H,10H2,1H3,(H,18,20). The molecule has 5 heteroatoms. The van der Waals surface area contributed by atoms with Crippen LogP contribution in [0.15, 0.2) is 48.5 Å². The van der Waals surface area contributed by atoms with Crippen LogP contribution in [0.3, 0.4) is 0 Å². The van der Waals surface area contributed by atoms with E-state index >= 15 is 0 Å². The Labute approximate surface area is 122 Å². The molecule has 0 fully saturated rings. The van der Waals surface area contributed by atoms with E-state index in [1.54, 1.807) is 37.3 Å². The lowest BCUT2D eigenvalue weighted by atomic mass is 10.1. The highest BCUT2D eigenvalue weighted by atomic mass is 19.1. The minimum atomic E-state index is -0.546. The molecule has 1 atom stereocenters. The molecule has 1 amide bonds. The van der Waals surface area contributed by atoms with E-state index in [2.05, 4.69) is 5.32 Å². The number of amides is 1. The van der Waals surface area contributed by atoms with Crippen LogP contribution < -0.4 is 10.1 Å². The molecule has 4 nitrogen and oxygen atoms in total. The summed E-state index contributed by atoms with van der Waals surface area (Å²) in [7, 11) is 0.